The van der Waals surface area contributed by atoms with E-state index in [1.54, 1.807) is 0 Å². The Balaban J connectivity index is 1.36. The van der Waals surface area contributed by atoms with Gasteiger partial charge < -0.3 is 21.0 Å². The number of β-lactam (4-membered cyclic amide) rings is 1. The molecule has 4 N–H and O–H groups in total. The van der Waals surface area contributed by atoms with E-state index in [0.29, 0.717) is 22.6 Å². The number of carboxylic acids is 1. The van der Waals surface area contributed by atoms with E-state index in [1.807, 2.05) is 36.0 Å². The van der Waals surface area contributed by atoms with Gasteiger partial charge in [0.2, 0.25) is 5.03 Å². The van der Waals surface area contributed by atoms with Crippen LogP contribution in [0.1, 0.15) is 12.1 Å². The van der Waals surface area contributed by atoms with Crippen LogP contribution in [-0.2, 0) is 26.3 Å². The van der Waals surface area contributed by atoms with Gasteiger partial charge in [-0.2, -0.15) is 8.96 Å². The van der Waals surface area contributed by atoms with Crippen molar-refractivity contribution in [3.05, 3.63) is 46.1 Å². The van der Waals surface area contributed by atoms with E-state index in [4.69, 9.17) is 5.73 Å². The molecule has 0 aromatic carbocycles. The second kappa shape index (κ2) is 10.6. The lowest BCUT2D eigenvalue weighted by Gasteiger charge is -2.49. The number of aromatic nitrogens is 2. The van der Waals surface area contributed by atoms with Gasteiger partial charge in [-0.1, -0.05) is 16.9 Å². The number of anilines is 1. The topological polar surface area (TPSA) is 151 Å². The maximum absolute atomic E-state index is 13.9. The van der Waals surface area contributed by atoms with Gasteiger partial charge in [0.05, 0.1) is 6.04 Å². The number of thiazole rings is 1. The summed E-state index contributed by atoms with van der Waals surface area (Å²) in [6.45, 7) is 0. The van der Waals surface area contributed by atoms with Crippen LogP contribution in [0.2, 0.25) is 0 Å². The van der Waals surface area contributed by atoms with Crippen LogP contribution in [-0.4, -0.2) is 62.6 Å². The predicted molar refractivity (Wildman–Crippen MR) is 128 cm³/mol. The standard InChI is InChI=1S/C20H19FN6O5S3/c1-26-5-3-2-4-14(26)34-9-12-16(19(30)31)27-11(8-33-12)15(18(27)29)25-13(28)6-23-32-17(21)10-7-35-20(22)24-10/h2-7,11,15,17H,8-9H2,1H3,(H3-,22,24,25,28,30,31)/p+1/t11?,15-,17?/m0/s1. The lowest BCUT2D eigenvalue weighted by Crippen LogP contribution is -2.72. The molecule has 2 aromatic rings. The van der Waals surface area contributed by atoms with Crippen LogP contribution in [0.5, 0.6) is 0 Å². The highest BCUT2D eigenvalue weighted by Gasteiger charge is 2.53. The molecule has 2 aromatic heterocycles. The van der Waals surface area contributed by atoms with Crippen molar-refractivity contribution < 1.29 is 33.3 Å². The third-order valence-corrected chi connectivity index (χ3v) is 8.33. The smallest absolute Gasteiger partial charge is 0.353 e. The van der Waals surface area contributed by atoms with Crippen LogP contribution in [0.15, 0.2) is 50.6 Å². The summed E-state index contributed by atoms with van der Waals surface area (Å²) in [6.07, 6.45) is 0.590. The molecule has 2 unspecified atom stereocenters. The van der Waals surface area contributed by atoms with Gasteiger partial charge in [0.15, 0.2) is 11.3 Å². The largest absolute Gasteiger partial charge is 0.477 e. The number of carboxylic acid groups (broad SMARTS) is 1. The molecule has 0 radical (unpaired) electrons. The number of nitrogen functional groups attached to an aromatic ring is 1. The lowest BCUT2D eigenvalue weighted by atomic mass is 9.94. The first-order valence-corrected chi connectivity index (χ1v) is 13.0. The van der Waals surface area contributed by atoms with E-state index >= 15 is 0 Å². The quantitative estimate of drug-likeness (QED) is 0.140. The molecule has 15 heteroatoms. The van der Waals surface area contributed by atoms with Crippen molar-refractivity contribution in [1.82, 2.24) is 15.2 Å². The second-order valence-corrected chi connectivity index (χ2v) is 10.4. The van der Waals surface area contributed by atoms with Crippen molar-refractivity contribution in [1.29, 1.82) is 0 Å². The fourth-order valence-electron chi connectivity index (χ4n) is 3.45. The number of amides is 2. The summed E-state index contributed by atoms with van der Waals surface area (Å²) in [5, 5.41) is 18.0. The number of rotatable bonds is 9. The van der Waals surface area contributed by atoms with Gasteiger partial charge in [-0.05, 0) is 6.07 Å². The number of aliphatic carboxylic acids is 1. The van der Waals surface area contributed by atoms with E-state index in [2.05, 4.69) is 20.3 Å². The molecule has 0 aliphatic carbocycles. The Morgan fingerprint density at radius 1 is 1.54 bits per heavy atom. The molecule has 1 fully saturated rings. The molecule has 1 saturated heterocycles. The third kappa shape index (κ3) is 5.41. The number of halogens is 1. The number of pyridine rings is 1. The number of fused-ring (bicyclic) bond motifs is 1. The number of aryl methyl sites for hydroxylation is 1. The van der Waals surface area contributed by atoms with Crippen molar-refractivity contribution in [2.45, 2.75) is 23.5 Å². The van der Waals surface area contributed by atoms with Crippen LogP contribution in [0, 0.1) is 0 Å². The maximum Gasteiger partial charge on any atom is 0.353 e. The Hall–Kier alpha value is -3.17. The zero-order chi connectivity index (χ0) is 25.1. The van der Waals surface area contributed by atoms with Crippen LogP contribution in [0.3, 0.4) is 0 Å². The zero-order valence-electron chi connectivity index (χ0n) is 18.2. The number of hydrogen-bond donors (Lipinski definition) is 3. The normalized spacial score (nSPS) is 20.4. The van der Waals surface area contributed by atoms with E-state index in [1.165, 1.54) is 33.8 Å². The number of nitrogens with two attached hydrogens (primary N) is 1. The Bertz CT molecular complexity index is 1220. The summed E-state index contributed by atoms with van der Waals surface area (Å²) >= 11 is 3.84. The average Bonchev–Trinajstić information content (AvgIpc) is 3.27. The summed E-state index contributed by atoms with van der Waals surface area (Å²) in [4.78, 5) is 46.9. The zero-order valence-corrected chi connectivity index (χ0v) is 20.6. The van der Waals surface area contributed by atoms with Gasteiger partial charge in [0.25, 0.3) is 11.8 Å². The maximum atomic E-state index is 13.9. The highest BCUT2D eigenvalue weighted by Crippen LogP contribution is 2.40. The first kappa shape index (κ1) is 24.9. The summed E-state index contributed by atoms with van der Waals surface area (Å²) in [5.41, 5.74) is 5.28. The molecule has 0 saturated carbocycles. The van der Waals surface area contributed by atoms with Crippen molar-refractivity contribution >= 4 is 64.0 Å². The van der Waals surface area contributed by atoms with Gasteiger partial charge in [-0.25, -0.2) is 9.78 Å². The molecule has 4 rings (SSSR count). The minimum atomic E-state index is -2.00. The van der Waals surface area contributed by atoms with Gasteiger partial charge >= 0.3 is 12.3 Å². The summed E-state index contributed by atoms with van der Waals surface area (Å²) < 4.78 is 15.8. The minimum Gasteiger partial charge on any atom is -0.477 e. The van der Waals surface area contributed by atoms with E-state index in [9.17, 15) is 23.9 Å². The van der Waals surface area contributed by atoms with Crippen molar-refractivity contribution in [2.24, 2.45) is 12.2 Å². The number of hydrogen-bond acceptors (Lipinski definition) is 10. The molecule has 2 amide bonds. The summed E-state index contributed by atoms with van der Waals surface area (Å²) in [5.74, 6) is -1.73. The van der Waals surface area contributed by atoms with E-state index < -0.39 is 36.2 Å². The molecule has 2 aliphatic heterocycles. The van der Waals surface area contributed by atoms with Crippen LogP contribution in [0.25, 0.3) is 0 Å². The molecule has 35 heavy (non-hydrogen) atoms. The van der Waals surface area contributed by atoms with Gasteiger partial charge in [0.1, 0.15) is 30.7 Å². The fraction of sp³-hybridized carbons (Fsp3) is 0.300. The summed E-state index contributed by atoms with van der Waals surface area (Å²) in [6, 6.07) is 4.26. The van der Waals surface area contributed by atoms with Crippen LogP contribution >= 0.6 is 34.9 Å². The van der Waals surface area contributed by atoms with Gasteiger partial charge in [0, 0.05) is 33.9 Å². The molecule has 0 bridgehead atoms. The van der Waals surface area contributed by atoms with Crippen LogP contribution < -0.4 is 15.6 Å². The Morgan fingerprint density at radius 2 is 2.34 bits per heavy atom. The van der Waals surface area contributed by atoms with Gasteiger partial charge in [-0.3, -0.25) is 14.5 Å². The SMILES string of the molecule is C[n+]1ccccc1SCC1=C(C(=O)O)N2C(=O)[C@@H](NC(=O)C=NOC(F)c3csc(N)n3)C2CS1. The molecule has 4 heterocycles. The summed E-state index contributed by atoms with van der Waals surface area (Å²) in [7, 11) is 1.89. The Morgan fingerprint density at radius 3 is 3.03 bits per heavy atom. The Labute approximate surface area is 211 Å². The van der Waals surface area contributed by atoms with Crippen LogP contribution in [0.4, 0.5) is 9.52 Å². The Kier molecular flexibility index (Phi) is 7.57. The first-order valence-electron chi connectivity index (χ1n) is 10.1. The number of thioether (sulfide) groups is 2. The molecule has 2 aliphatic rings. The molecular formula is C20H20FN6O5S3+. The van der Waals surface area contributed by atoms with Crippen molar-refractivity contribution in [2.75, 3.05) is 17.2 Å². The molecule has 3 atom stereocenters. The molecular weight excluding hydrogens is 519 g/mol. The predicted octanol–water partition coefficient (Wildman–Crippen LogP) is 1.05. The third-order valence-electron chi connectivity index (χ3n) is 5.11. The first-order chi connectivity index (χ1) is 16.8. The van der Waals surface area contributed by atoms with E-state index in [-0.39, 0.29) is 16.5 Å². The second-order valence-electron chi connectivity index (χ2n) is 7.35. The highest BCUT2D eigenvalue weighted by molar-refractivity contribution is 8.06. The average molecular weight is 540 g/mol. The van der Waals surface area contributed by atoms with Gasteiger partial charge in [-0.15, -0.1) is 23.1 Å². The fourth-order valence-corrected chi connectivity index (χ4v) is 6.41. The van der Waals surface area contributed by atoms with Crippen molar-refractivity contribution in [3.8, 4) is 0 Å². The monoisotopic (exact) mass is 539 g/mol. The molecule has 184 valence electrons. The number of alkyl halides is 1. The van der Waals surface area contributed by atoms with Crippen molar-refractivity contribution in [3.63, 3.8) is 0 Å². The number of oxime groups is 1. The lowest BCUT2D eigenvalue weighted by molar-refractivity contribution is -0.708. The molecule has 0 spiro atoms. The van der Waals surface area contributed by atoms with E-state index in [0.717, 1.165) is 16.4 Å². The highest BCUT2D eigenvalue weighted by atomic mass is 32.2. The number of carbonyl (C=O) groups excluding carboxylic acids is 2. The minimum absolute atomic E-state index is 0.0722. The molecule has 11 nitrogen and oxygen atoms in total. The number of nitrogens with one attached hydrogen (secondary N) is 1. The number of nitrogens with zero attached hydrogens (tertiary/aromatic N) is 4. The number of carbonyl (C=O) groups is 3.